The molecule has 0 aromatic rings. The van der Waals surface area contributed by atoms with Gasteiger partial charge in [0.25, 0.3) is 0 Å². The average Bonchev–Trinajstić information content (AvgIpc) is 2.96. The van der Waals surface area contributed by atoms with Gasteiger partial charge in [-0.05, 0) is 156 Å². The molecule has 1 saturated heterocycles. The Kier molecular flexibility index (Phi) is 19.9. The maximum Gasteiger partial charge on any atom is 0.0594 e. The summed E-state index contributed by atoms with van der Waals surface area (Å²) in [6.07, 6.45) is 28.0. The van der Waals surface area contributed by atoms with Crippen molar-refractivity contribution in [2.75, 3.05) is 45.9 Å². The van der Waals surface area contributed by atoms with Crippen molar-refractivity contribution in [2.24, 2.45) is 11.8 Å². The standard InChI is InChI=1S/C40H68N2O/c1-33(2)13-8-15-35(5)17-10-18-37(7)21-22-39-29-38(20-11-19-36(6)16-9-14-34(3)4)30-40(31-39)32-41-23-12-24-42-25-27-43-28-26-42/h13-14,17,19,29,39-41H,7-12,15-16,18,20-28,30-32H2,1-6H3/b35-17+,36-19+/t39-,40-/m1/s1. The zero-order valence-corrected chi connectivity index (χ0v) is 29.2. The number of hydrogen-bond donors (Lipinski definition) is 1. The van der Waals surface area contributed by atoms with Gasteiger partial charge in [0.15, 0.2) is 0 Å². The van der Waals surface area contributed by atoms with Crippen LogP contribution in [0.2, 0.25) is 0 Å². The van der Waals surface area contributed by atoms with Crippen LogP contribution in [-0.4, -0.2) is 50.8 Å². The third kappa shape index (κ3) is 19.3. The van der Waals surface area contributed by atoms with Gasteiger partial charge < -0.3 is 10.1 Å². The van der Waals surface area contributed by atoms with Crippen molar-refractivity contribution in [1.29, 1.82) is 0 Å². The molecule has 0 aromatic carbocycles. The largest absolute Gasteiger partial charge is 0.379 e. The summed E-state index contributed by atoms with van der Waals surface area (Å²) < 4.78 is 5.50. The van der Waals surface area contributed by atoms with E-state index in [4.69, 9.17) is 4.74 Å². The van der Waals surface area contributed by atoms with E-state index in [1.165, 1.54) is 93.0 Å². The number of nitrogens with one attached hydrogen (secondary N) is 1. The number of nitrogens with zero attached hydrogens (tertiary/aromatic N) is 1. The third-order valence-corrected chi connectivity index (χ3v) is 9.02. The predicted molar refractivity (Wildman–Crippen MR) is 191 cm³/mol. The van der Waals surface area contributed by atoms with Crippen molar-refractivity contribution in [3.8, 4) is 0 Å². The maximum absolute atomic E-state index is 5.50. The summed E-state index contributed by atoms with van der Waals surface area (Å²) in [6, 6.07) is 0. The molecule has 0 amide bonds. The lowest BCUT2D eigenvalue weighted by molar-refractivity contribution is 0.0374. The van der Waals surface area contributed by atoms with Gasteiger partial charge in [0.05, 0.1) is 13.2 Å². The zero-order valence-electron chi connectivity index (χ0n) is 29.2. The fourth-order valence-corrected chi connectivity index (χ4v) is 6.37. The Morgan fingerprint density at radius 2 is 1.49 bits per heavy atom. The molecule has 0 aromatic heterocycles. The Hall–Kier alpha value is -1.68. The molecule has 3 heteroatoms. The normalized spacial score (nSPS) is 20.1. The first kappa shape index (κ1) is 37.5. The fourth-order valence-electron chi connectivity index (χ4n) is 6.37. The van der Waals surface area contributed by atoms with E-state index < -0.39 is 0 Å². The van der Waals surface area contributed by atoms with Gasteiger partial charge >= 0.3 is 0 Å². The minimum Gasteiger partial charge on any atom is -0.379 e. The van der Waals surface area contributed by atoms with Gasteiger partial charge in [0, 0.05) is 13.1 Å². The minimum atomic E-state index is 0.699. The van der Waals surface area contributed by atoms with Crippen LogP contribution in [0.1, 0.15) is 125 Å². The molecule has 0 unspecified atom stereocenters. The summed E-state index contributed by atoms with van der Waals surface area (Å²) >= 11 is 0. The lowest BCUT2D eigenvalue weighted by atomic mass is 9.78. The quantitative estimate of drug-likeness (QED) is 0.106. The molecule has 2 atom stereocenters. The summed E-state index contributed by atoms with van der Waals surface area (Å²) in [5, 5.41) is 3.84. The molecular weight excluding hydrogens is 524 g/mol. The summed E-state index contributed by atoms with van der Waals surface area (Å²) in [6.45, 7) is 25.3. The van der Waals surface area contributed by atoms with E-state index >= 15 is 0 Å². The van der Waals surface area contributed by atoms with Crippen molar-refractivity contribution in [1.82, 2.24) is 10.2 Å². The van der Waals surface area contributed by atoms with Gasteiger partial charge in [-0.2, -0.15) is 0 Å². The van der Waals surface area contributed by atoms with Crippen LogP contribution in [-0.2, 0) is 4.74 Å². The fraction of sp³-hybridized carbons (Fsp3) is 0.700. The van der Waals surface area contributed by atoms with E-state index in [0.717, 1.165) is 64.6 Å². The highest BCUT2D eigenvalue weighted by atomic mass is 16.5. The molecular formula is C40H68N2O. The predicted octanol–water partition coefficient (Wildman–Crippen LogP) is 10.5. The maximum atomic E-state index is 5.50. The summed E-state index contributed by atoms with van der Waals surface area (Å²) in [4.78, 5) is 2.55. The highest BCUT2D eigenvalue weighted by Crippen LogP contribution is 2.34. The second-order valence-electron chi connectivity index (χ2n) is 14.0. The van der Waals surface area contributed by atoms with E-state index in [9.17, 15) is 0 Å². The lowest BCUT2D eigenvalue weighted by Crippen LogP contribution is -2.38. The van der Waals surface area contributed by atoms with Gasteiger partial charge in [-0.25, -0.2) is 0 Å². The molecule has 1 heterocycles. The SMILES string of the molecule is C=C(CC/C=C(\C)CCC=C(C)C)CC[C@@H]1C=C(CC/C=C(\C)CCC=C(C)C)C[C@@H](CNCCCN2CCOCC2)C1. The molecule has 2 aliphatic rings. The first-order valence-corrected chi connectivity index (χ1v) is 17.7. The Bertz CT molecular complexity index is 936. The molecule has 0 bridgehead atoms. The second kappa shape index (κ2) is 22.8. The number of morpholine rings is 1. The minimum absolute atomic E-state index is 0.699. The van der Waals surface area contributed by atoms with Gasteiger partial charge in [-0.3, -0.25) is 4.90 Å². The molecule has 1 aliphatic heterocycles. The summed E-state index contributed by atoms with van der Waals surface area (Å²) in [7, 11) is 0. The number of hydrogen-bond acceptors (Lipinski definition) is 3. The van der Waals surface area contributed by atoms with E-state index in [-0.39, 0.29) is 0 Å². The molecule has 0 saturated carbocycles. The van der Waals surface area contributed by atoms with E-state index in [0.29, 0.717) is 5.92 Å². The van der Waals surface area contributed by atoms with Gasteiger partial charge in [-0.1, -0.05) is 70.4 Å². The van der Waals surface area contributed by atoms with Crippen LogP contribution in [0.5, 0.6) is 0 Å². The highest BCUT2D eigenvalue weighted by molar-refractivity contribution is 5.13. The molecule has 43 heavy (non-hydrogen) atoms. The Balaban J connectivity index is 1.82. The average molecular weight is 593 g/mol. The van der Waals surface area contributed by atoms with Crippen molar-refractivity contribution >= 4 is 0 Å². The number of allylic oxidation sites excluding steroid dienone is 11. The van der Waals surface area contributed by atoms with E-state index in [1.54, 1.807) is 11.1 Å². The van der Waals surface area contributed by atoms with Crippen LogP contribution in [0.4, 0.5) is 0 Å². The monoisotopic (exact) mass is 593 g/mol. The van der Waals surface area contributed by atoms with Crippen LogP contribution in [0.3, 0.4) is 0 Å². The van der Waals surface area contributed by atoms with Crippen molar-refractivity contribution < 1.29 is 4.74 Å². The van der Waals surface area contributed by atoms with Crippen LogP contribution in [0, 0.1) is 11.8 Å². The smallest absolute Gasteiger partial charge is 0.0594 e. The highest BCUT2D eigenvalue weighted by Gasteiger charge is 2.22. The molecule has 0 radical (unpaired) electrons. The van der Waals surface area contributed by atoms with Crippen LogP contribution >= 0.6 is 0 Å². The van der Waals surface area contributed by atoms with Crippen molar-refractivity contribution in [2.45, 2.75) is 125 Å². The molecule has 0 spiro atoms. The van der Waals surface area contributed by atoms with E-state index in [2.05, 4.69) is 88.7 Å². The second-order valence-corrected chi connectivity index (χ2v) is 14.0. The Morgan fingerprint density at radius 3 is 2.14 bits per heavy atom. The Labute approximate surface area is 267 Å². The Morgan fingerprint density at radius 1 is 0.860 bits per heavy atom. The number of rotatable bonds is 21. The first-order valence-electron chi connectivity index (χ1n) is 17.7. The summed E-state index contributed by atoms with van der Waals surface area (Å²) in [5.41, 5.74) is 9.04. The molecule has 2 rings (SSSR count). The van der Waals surface area contributed by atoms with Crippen LogP contribution in [0.15, 0.2) is 70.4 Å². The van der Waals surface area contributed by atoms with Crippen LogP contribution < -0.4 is 5.32 Å². The van der Waals surface area contributed by atoms with E-state index in [1.807, 2.05) is 0 Å². The topological polar surface area (TPSA) is 24.5 Å². The summed E-state index contributed by atoms with van der Waals surface area (Å²) in [5.74, 6) is 1.46. The first-order chi connectivity index (χ1) is 20.7. The molecule has 244 valence electrons. The van der Waals surface area contributed by atoms with Crippen molar-refractivity contribution in [3.63, 3.8) is 0 Å². The third-order valence-electron chi connectivity index (χ3n) is 9.02. The zero-order chi connectivity index (χ0) is 31.3. The molecule has 3 nitrogen and oxygen atoms in total. The van der Waals surface area contributed by atoms with Gasteiger partial charge in [0.2, 0.25) is 0 Å². The van der Waals surface area contributed by atoms with Gasteiger partial charge in [-0.15, -0.1) is 0 Å². The lowest BCUT2D eigenvalue weighted by Gasteiger charge is -2.30. The molecule has 1 N–H and O–H groups in total. The molecule has 1 aliphatic carbocycles. The van der Waals surface area contributed by atoms with Crippen molar-refractivity contribution in [3.05, 3.63) is 70.4 Å². The van der Waals surface area contributed by atoms with Gasteiger partial charge in [0.1, 0.15) is 0 Å². The number of ether oxygens (including phenoxy) is 1. The molecule has 1 fully saturated rings. The van der Waals surface area contributed by atoms with Crippen LogP contribution in [0.25, 0.3) is 0 Å².